The van der Waals surface area contributed by atoms with Crippen molar-refractivity contribution in [2.75, 3.05) is 4.90 Å². The molecule has 0 unspecified atom stereocenters. The number of phenolic OH excluding ortho intramolecular Hbond substituents is 1. The molecule has 1 saturated heterocycles. The number of aryl methyl sites for hydroxylation is 1. The molecule has 1 aromatic carbocycles. The second-order valence-corrected chi connectivity index (χ2v) is 6.15. The van der Waals surface area contributed by atoms with E-state index in [2.05, 4.69) is 0 Å². The zero-order valence-corrected chi connectivity index (χ0v) is 11.7. The normalized spacial score (nSPS) is 21.8. The third-order valence-corrected chi connectivity index (χ3v) is 4.67. The van der Waals surface area contributed by atoms with Gasteiger partial charge in [0.2, 0.25) is 11.8 Å². The number of piperidine rings is 1. The Bertz CT molecular complexity index is 553. The maximum atomic E-state index is 12.4. The zero-order chi connectivity index (χ0) is 14.3. The van der Waals surface area contributed by atoms with Crippen molar-refractivity contribution in [3.05, 3.63) is 23.8 Å². The van der Waals surface area contributed by atoms with E-state index in [4.69, 9.17) is 0 Å². The summed E-state index contributed by atoms with van der Waals surface area (Å²) < 4.78 is 0. The van der Waals surface area contributed by atoms with Crippen molar-refractivity contribution in [2.24, 2.45) is 5.41 Å². The average molecular weight is 273 g/mol. The van der Waals surface area contributed by atoms with Crippen LogP contribution in [0.15, 0.2) is 18.2 Å². The number of hydrogen-bond acceptors (Lipinski definition) is 3. The predicted octanol–water partition coefficient (Wildman–Crippen LogP) is 2.91. The molecule has 1 aliphatic heterocycles. The zero-order valence-electron chi connectivity index (χ0n) is 11.7. The fourth-order valence-electron chi connectivity index (χ4n) is 3.50. The Balaban J connectivity index is 1.89. The molecular formula is C16H19NO3. The van der Waals surface area contributed by atoms with Crippen LogP contribution in [0.2, 0.25) is 0 Å². The summed E-state index contributed by atoms with van der Waals surface area (Å²) in [6, 6.07) is 4.94. The highest BCUT2D eigenvalue weighted by molar-refractivity contribution is 6.17. The van der Waals surface area contributed by atoms with Crippen LogP contribution in [0.1, 0.15) is 44.1 Å². The van der Waals surface area contributed by atoms with E-state index in [0.29, 0.717) is 18.5 Å². The number of rotatable bonds is 1. The van der Waals surface area contributed by atoms with Crippen molar-refractivity contribution in [2.45, 2.75) is 45.4 Å². The van der Waals surface area contributed by atoms with Crippen molar-refractivity contribution in [3.8, 4) is 5.75 Å². The Labute approximate surface area is 118 Å². The number of benzene rings is 1. The van der Waals surface area contributed by atoms with E-state index in [0.717, 1.165) is 31.2 Å². The molecule has 0 aromatic heterocycles. The smallest absolute Gasteiger partial charge is 0.234 e. The van der Waals surface area contributed by atoms with Crippen LogP contribution >= 0.6 is 0 Å². The SMILES string of the molecule is Cc1ccc(N2C(=O)CC3(CCCC3)CC2=O)cc1O. The lowest BCUT2D eigenvalue weighted by Gasteiger charge is -2.37. The molecule has 1 N–H and O–H groups in total. The first kappa shape index (κ1) is 13.2. The van der Waals surface area contributed by atoms with Gasteiger partial charge in [-0.05, 0) is 36.8 Å². The Morgan fingerprint density at radius 1 is 1.10 bits per heavy atom. The van der Waals surface area contributed by atoms with Crippen LogP contribution in [0.25, 0.3) is 0 Å². The fourth-order valence-corrected chi connectivity index (χ4v) is 3.50. The fraction of sp³-hybridized carbons (Fsp3) is 0.500. The van der Waals surface area contributed by atoms with Crippen LogP contribution in [0.3, 0.4) is 0 Å². The van der Waals surface area contributed by atoms with Gasteiger partial charge in [-0.15, -0.1) is 0 Å². The van der Waals surface area contributed by atoms with E-state index < -0.39 is 0 Å². The number of amides is 2. The summed E-state index contributed by atoms with van der Waals surface area (Å²) in [5.74, 6) is -0.151. The van der Waals surface area contributed by atoms with Gasteiger partial charge in [0.15, 0.2) is 0 Å². The van der Waals surface area contributed by atoms with E-state index in [1.807, 2.05) is 0 Å². The molecule has 0 bridgehead atoms. The number of nitrogens with zero attached hydrogens (tertiary/aromatic N) is 1. The summed E-state index contributed by atoms with van der Waals surface area (Å²) >= 11 is 0. The monoisotopic (exact) mass is 273 g/mol. The van der Waals surface area contributed by atoms with Crippen molar-refractivity contribution >= 4 is 17.5 Å². The number of carbonyl (C=O) groups excluding carboxylic acids is 2. The summed E-state index contributed by atoms with van der Waals surface area (Å²) in [7, 11) is 0. The number of anilines is 1. The van der Waals surface area contributed by atoms with Crippen LogP contribution in [-0.2, 0) is 9.59 Å². The highest BCUT2D eigenvalue weighted by Gasteiger charge is 2.45. The largest absolute Gasteiger partial charge is 0.508 e. The molecule has 3 rings (SSSR count). The van der Waals surface area contributed by atoms with E-state index in [1.54, 1.807) is 19.1 Å². The Hall–Kier alpha value is -1.84. The first-order valence-electron chi connectivity index (χ1n) is 7.16. The molecule has 20 heavy (non-hydrogen) atoms. The Morgan fingerprint density at radius 2 is 1.70 bits per heavy atom. The quantitative estimate of drug-likeness (QED) is 0.800. The summed E-state index contributed by atoms with van der Waals surface area (Å²) in [6.45, 7) is 1.78. The van der Waals surface area contributed by atoms with Gasteiger partial charge in [-0.2, -0.15) is 0 Å². The molecular weight excluding hydrogens is 254 g/mol. The molecule has 4 nitrogen and oxygen atoms in total. The lowest BCUT2D eigenvalue weighted by Crippen LogP contribution is -2.47. The molecule has 1 spiro atoms. The summed E-state index contributed by atoms with van der Waals surface area (Å²) in [4.78, 5) is 26.0. The Morgan fingerprint density at radius 3 is 2.25 bits per heavy atom. The number of imide groups is 1. The first-order chi connectivity index (χ1) is 9.51. The van der Waals surface area contributed by atoms with E-state index in [9.17, 15) is 14.7 Å². The number of hydrogen-bond donors (Lipinski definition) is 1. The van der Waals surface area contributed by atoms with Crippen molar-refractivity contribution in [3.63, 3.8) is 0 Å². The predicted molar refractivity (Wildman–Crippen MR) is 75.5 cm³/mol. The van der Waals surface area contributed by atoms with Crippen LogP contribution in [-0.4, -0.2) is 16.9 Å². The molecule has 2 amide bonds. The maximum absolute atomic E-state index is 12.4. The minimum atomic E-state index is -0.133. The van der Waals surface area contributed by atoms with Gasteiger partial charge in [0, 0.05) is 18.9 Å². The second kappa shape index (κ2) is 4.62. The van der Waals surface area contributed by atoms with Gasteiger partial charge in [0.05, 0.1) is 5.69 Å². The molecule has 106 valence electrons. The van der Waals surface area contributed by atoms with Crippen LogP contribution in [0.4, 0.5) is 5.69 Å². The van der Waals surface area contributed by atoms with Crippen molar-refractivity contribution in [1.82, 2.24) is 0 Å². The van der Waals surface area contributed by atoms with Gasteiger partial charge < -0.3 is 5.11 Å². The van der Waals surface area contributed by atoms with E-state index in [1.165, 1.54) is 11.0 Å². The van der Waals surface area contributed by atoms with Gasteiger partial charge in [0.25, 0.3) is 0 Å². The first-order valence-corrected chi connectivity index (χ1v) is 7.16. The lowest BCUT2D eigenvalue weighted by molar-refractivity contribution is -0.133. The Kier molecular flexibility index (Phi) is 3.04. The highest BCUT2D eigenvalue weighted by atomic mass is 16.3. The average Bonchev–Trinajstić information content (AvgIpc) is 2.80. The molecule has 2 aliphatic rings. The third kappa shape index (κ3) is 2.09. The van der Waals surface area contributed by atoms with Crippen molar-refractivity contribution < 1.29 is 14.7 Å². The van der Waals surface area contributed by atoms with Crippen LogP contribution in [0, 0.1) is 12.3 Å². The summed E-state index contributed by atoms with van der Waals surface area (Å²) in [5, 5.41) is 9.76. The number of aromatic hydroxyl groups is 1. The molecule has 1 aromatic rings. The molecule has 1 aliphatic carbocycles. The molecule has 4 heteroatoms. The molecule has 1 saturated carbocycles. The van der Waals surface area contributed by atoms with Crippen LogP contribution < -0.4 is 4.90 Å². The van der Waals surface area contributed by atoms with Gasteiger partial charge in [0.1, 0.15) is 5.75 Å². The minimum Gasteiger partial charge on any atom is -0.508 e. The minimum absolute atomic E-state index is 0.0859. The number of phenols is 1. The number of carbonyl (C=O) groups is 2. The van der Waals surface area contributed by atoms with Gasteiger partial charge in [-0.25, -0.2) is 0 Å². The van der Waals surface area contributed by atoms with Gasteiger partial charge >= 0.3 is 0 Å². The molecule has 1 heterocycles. The van der Waals surface area contributed by atoms with E-state index in [-0.39, 0.29) is 23.0 Å². The lowest BCUT2D eigenvalue weighted by atomic mass is 9.76. The van der Waals surface area contributed by atoms with E-state index >= 15 is 0 Å². The van der Waals surface area contributed by atoms with Crippen molar-refractivity contribution in [1.29, 1.82) is 0 Å². The molecule has 0 radical (unpaired) electrons. The van der Waals surface area contributed by atoms with Gasteiger partial charge in [-0.3, -0.25) is 14.5 Å². The maximum Gasteiger partial charge on any atom is 0.234 e. The summed E-state index contributed by atoms with van der Waals surface area (Å²) in [5.41, 5.74) is 1.13. The summed E-state index contributed by atoms with van der Waals surface area (Å²) in [6.07, 6.45) is 5.10. The third-order valence-electron chi connectivity index (χ3n) is 4.67. The van der Waals surface area contributed by atoms with Crippen LogP contribution in [0.5, 0.6) is 5.75 Å². The highest BCUT2D eigenvalue weighted by Crippen LogP contribution is 2.47. The molecule has 0 atom stereocenters. The topological polar surface area (TPSA) is 57.6 Å². The van der Waals surface area contributed by atoms with Gasteiger partial charge in [-0.1, -0.05) is 18.9 Å². The second-order valence-electron chi connectivity index (χ2n) is 6.15. The molecule has 2 fully saturated rings. The standard InChI is InChI=1S/C16H19NO3/c1-11-4-5-12(8-13(11)18)17-14(19)9-16(10-15(17)20)6-2-3-7-16/h4-5,8,18H,2-3,6-7,9-10H2,1H3.